The number of oxime groups is 1. The molecule has 0 aromatic heterocycles. The number of aldehydes is 1. The summed E-state index contributed by atoms with van der Waals surface area (Å²) >= 11 is 0. The predicted octanol–water partition coefficient (Wildman–Crippen LogP) is 10.3. The van der Waals surface area contributed by atoms with Gasteiger partial charge in [0.2, 0.25) is 11.7 Å². The maximum Gasteiger partial charge on any atom is 0.239 e. The molecule has 324 valence electrons. The molecule has 6 atom stereocenters. The molecule has 0 radical (unpaired) electrons. The maximum absolute atomic E-state index is 14.3. The van der Waals surface area contributed by atoms with Gasteiger partial charge in [0.05, 0.1) is 18.2 Å². The normalized spacial score (nSPS) is 23.7. The summed E-state index contributed by atoms with van der Waals surface area (Å²) in [6.07, 6.45) is 21.1. The topological polar surface area (TPSA) is 127 Å². The minimum absolute atomic E-state index is 0.0483. The van der Waals surface area contributed by atoms with Crippen molar-refractivity contribution in [2.75, 3.05) is 33.5 Å². The molecule has 1 fully saturated rings. The van der Waals surface area contributed by atoms with Crippen LogP contribution in [0.4, 0.5) is 0 Å². The smallest absolute Gasteiger partial charge is 0.239 e. The zero-order chi connectivity index (χ0) is 42.0. The van der Waals surface area contributed by atoms with Crippen molar-refractivity contribution in [3.8, 4) is 17.2 Å². The molecular weight excluding hydrogens is 745 g/mol. The molecule has 0 unspecified atom stereocenters. The lowest BCUT2D eigenvalue weighted by Crippen LogP contribution is -2.69. The fourth-order valence-corrected chi connectivity index (χ4v) is 9.66. The number of hydrogen-bond donors (Lipinski definition) is 2. The van der Waals surface area contributed by atoms with Crippen molar-refractivity contribution in [1.29, 1.82) is 0 Å². The fourth-order valence-electron chi connectivity index (χ4n) is 9.66. The minimum Gasteiger partial charge on any atom is -0.459 e. The lowest BCUT2D eigenvalue weighted by Gasteiger charge is -2.59. The van der Waals surface area contributed by atoms with Crippen LogP contribution in [0.5, 0.6) is 17.2 Å². The quantitative estimate of drug-likeness (QED) is 0.0395. The largest absolute Gasteiger partial charge is 0.459 e. The molecule has 2 aliphatic carbocycles. The van der Waals surface area contributed by atoms with Crippen molar-refractivity contribution in [3.05, 3.63) is 77.9 Å². The van der Waals surface area contributed by atoms with Gasteiger partial charge in [-0.2, -0.15) is 0 Å². The number of unbranched alkanes of at least 4 members (excludes halogenated alkanes) is 10. The number of carbonyl (C=O) groups is 2. The van der Waals surface area contributed by atoms with Gasteiger partial charge in [0.1, 0.15) is 36.2 Å². The Morgan fingerprint density at radius 2 is 1.64 bits per heavy atom. The Hall–Kier alpha value is -3.99. The molecule has 10 heteroatoms. The van der Waals surface area contributed by atoms with Crippen LogP contribution in [0, 0.1) is 17.8 Å². The predicted molar refractivity (Wildman–Crippen MR) is 233 cm³/mol. The maximum atomic E-state index is 14.3. The van der Waals surface area contributed by atoms with E-state index in [4.69, 9.17) is 24.2 Å². The summed E-state index contributed by atoms with van der Waals surface area (Å²) in [7, 11) is 1.88. The second kappa shape index (κ2) is 23.7. The Bertz CT molecular complexity index is 1710. The second-order valence-electron chi connectivity index (χ2n) is 16.6. The highest BCUT2D eigenvalue weighted by atomic mass is 16.7. The highest BCUT2D eigenvalue weighted by molar-refractivity contribution is 6.03. The Labute approximate surface area is 353 Å². The molecule has 3 aliphatic rings. The van der Waals surface area contributed by atoms with Gasteiger partial charge in [0.25, 0.3) is 0 Å². The lowest BCUT2D eigenvalue weighted by molar-refractivity contribution is -0.255. The molecule has 0 bridgehead atoms. The number of likely N-dealkylation sites (N-methyl/N-ethyl adjacent to an activating group) is 1. The zero-order valence-corrected chi connectivity index (χ0v) is 36.0. The molecule has 5 rings (SSSR count). The summed E-state index contributed by atoms with van der Waals surface area (Å²) in [4.78, 5) is 33.6. The van der Waals surface area contributed by atoms with Crippen LogP contribution in [0.25, 0.3) is 0 Å². The summed E-state index contributed by atoms with van der Waals surface area (Å²) in [5.41, 5.74) is 3.30. The third-order valence-corrected chi connectivity index (χ3v) is 12.5. The first kappa shape index (κ1) is 46.1. The van der Waals surface area contributed by atoms with Crippen LogP contribution in [0.15, 0.2) is 71.9 Å². The van der Waals surface area contributed by atoms with Gasteiger partial charge >= 0.3 is 0 Å². The molecule has 59 heavy (non-hydrogen) atoms. The number of ether oxygens (including phenoxy) is 3. The average Bonchev–Trinajstić information content (AvgIpc) is 3.25. The summed E-state index contributed by atoms with van der Waals surface area (Å²) in [6.45, 7) is 9.03. The number of aliphatic hydroxyl groups excluding tert-OH is 2. The number of nitrogens with zero attached hydrogens (tertiary/aromatic N) is 2. The molecule has 0 spiro atoms. The van der Waals surface area contributed by atoms with Gasteiger partial charge in [-0.3, -0.25) is 9.59 Å². The molecular formula is C49H70N2O8. The Morgan fingerprint density at radius 1 is 0.932 bits per heavy atom. The monoisotopic (exact) mass is 815 g/mol. The SMILES string of the molecule is C=CCO[C@@]12Oc3ccc(Oc4cccc(C=O)c4)cc3[C@H]3[C@H](CCCCO)[C@@H](CCCCO)C=C(C(=NOCC)C[C@@H]1N(C)C(=O)CCCCCCCCCCC)[C@H]32. The van der Waals surface area contributed by atoms with Gasteiger partial charge < -0.3 is 34.2 Å². The summed E-state index contributed by atoms with van der Waals surface area (Å²) in [5, 5.41) is 24.5. The standard InChI is InChI=1S/C49H70N2O8/c1-5-8-9-10-11-12-13-14-15-25-46(55)51(4)45-34-43(50-57-7-3)41-32-37(22-16-18-28-52)40(24-17-19-29-53)47-42-33-39(58-38-23-20-21-36(31-38)35-54)26-27-44(42)59-49(45,48(41)47)56-30-6-2/h6,20-21,23,26-27,31-33,35,37,40,45,47-48,52-53H,2,5,7-19,22,24-25,28-30,34H2,1,3-4H3/t37-,40+,45-,47+,48+,49+/m0/s1. The number of carbonyl (C=O) groups excluding carboxylic acids is 2. The van der Waals surface area contributed by atoms with Crippen LogP contribution in [-0.4, -0.2) is 78.3 Å². The number of fused-ring (bicyclic) bond motifs is 2. The number of aliphatic hydroxyl groups is 2. The molecule has 1 amide bonds. The molecule has 2 N–H and O–H groups in total. The van der Waals surface area contributed by atoms with Gasteiger partial charge in [0, 0.05) is 50.1 Å². The van der Waals surface area contributed by atoms with E-state index in [2.05, 4.69) is 25.6 Å². The summed E-state index contributed by atoms with van der Waals surface area (Å²) < 4.78 is 20.7. The van der Waals surface area contributed by atoms with E-state index in [0.717, 1.165) is 68.1 Å². The Balaban J connectivity index is 1.59. The first-order valence-corrected chi connectivity index (χ1v) is 22.5. The second-order valence-corrected chi connectivity index (χ2v) is 16.6. The van der Waals surface area contributed by atoms with E-state index < -0.39 is 11.8 Å². The average molecular weight is 815 g/mol. The number of benzene rings is 2. The van der Waals surface area contributed by atoms with Crippen LogP contribution >= 0.6 is 0 Å². The van der Waals surface area contributed by atoms with Crippen molar-refractivity contribution in [3.63, 3.8) is 0 Å². The van der Waals surface area contributed by atoms with Crippen LogP contribution < -0.4 is 9.47 Å². The van der Waals surface area contributed by atoms with Gasteiger partial charge in [-0.05, 0) is 86.8 Å². The van der Waals surface area contributed by atoms with E-state index in [1.165, 1.54) is 38.5 Å². The minimum atomic E-state index is -1.28. The number of hydrogen-bond acceptors (Lipinski definition) is 9. The van der Waals surface area contributed by atoms with Gasteiger partial charge in [-0.1, -0.05) is 101 Å². The number of amides is 1. The van der Waals surface area contributed by atoms with Gasteiger partial charge in [-0.15, -0.1) is 6.58 Å². The van der Waals surface area contributed by atoms with E-state index in [-0.39, 0.29) is 49.4 Å². The molecule has 1 saturated carbocycles. The third-order valence-electron chi connectivity index (χ3n) is 12.5. The van der Waals surface area contributed by atoms with Crippen LogP contribution in [0.1, 0.15) is 145 Å². The molecule has 1 heterocycles. The Kier molecular flexibility index (Phi) is 18.5. The molecule has 2 aromatic rings. The van der Waals surface area contributed by atoms with Crippen molar-refractivity contribution in [1.82, 2.24) is 4.90 Å². The van der Waals surface area contributed by atoms with Crippen LogP contribution in [0.3, 0.4) is 0 Å². The van der Waals surface area contributed by atoms with E-state index in [0.29, 0.717) is 55.1 Å². The van der Waals surface area contributed by atoms with E-state index in [1.54, 1.807) is 24.3 Å². The van der Waals surface area contributed by atoms with Crippen LogP contribution in [0.2, 0.25) is 0 Å². The van der Waals surface area contributed by atoms with E-state index in [9.17, 15) is 19.8 Å². The van der Waals surface area contributed by atoms with Crippen LogP contribution in [-0.2, 0) is 14.4 Å². The van der Waals surface area contributed by atoms with Crippen molar-refractivity contribution in [2.24, 2.45) is 22.9 Å². The van der Waals surface area contributed by atoms with Crippen molar-refractivity contribution in [2.45, 2.75) is 141 Å². The Morgan fingerprint density at radius 3 is 2.34 bits per heavy atom. The molecule has 10 nitrogen and oxygen atoms in total. The fraction of sp³-hybridized carbons (Fsp3) is 0.612. The number of rotatable bonds is 27. The first-order valence-electron chi connectivity index (χ1n) is 22.5. The highest BCUT2D eigenvalue weighted by Crippen LogP contribution is 2.62. The summed E-state index contributed by atoms with van der Waals surface area (Å²) in [5.74, 6) is 0.304. The number of allylic oxidation sites excluding steroid dienone is 1. The van der Waals surface area contributed by atoms with Crippen molar-refractivity contribution >= 4 is 17.9 Å². The molecule has 1 aliphatic heterocycles. The molecule has 0 saturated heterocycles. The van der Waals surface area contributed by atoms with Crippen molar-refractivity contribution < 1.29 is 38.9 Å². The van der Waals surface area contributed by atoms with E-state index >= 15 is 0 Å². The highest BCUT2D eigenvalue weighted by Gasteiger charge is 2.65. The molecule has 2 aromatic carbocycles. The zero-order valence-electron chi connectivity index (χ0n) is 36.0. The first-order chi connectivity index (χ1) is 28.8. The lowest BCUT2D eigenvalue weighted by atomic mass is 9.55. The van der Waals surface area contributed by atoms with Gasteiger partial charge in [0.15, 0.2) is 0 Å². The van der Waals surface area contributed by atoms with E-state index in [1.807, 2.05) is 37.1 Å². The van der Waals surface area contributed by atoms with Gasteiger partial charge in [-0.25, -0.2) is 0 Å². The summed E-state index contributed by atoms with van der Waals surface area (Å²) in [6, 6.07) is 12.4. The third kappa shape index (κ3) is 11.6.